The molecule has 0 spiro atoms. The predicted molar refractivity (Wildman–Crippen MR) is 193 cm³/mol. The summed E-state index contributed by atoms with van der Waals surface area (Å²) in [5.74, 6) is 1.85. The molecule has 1 amide bonds. The van der Waals surface area contributed by atoms with Crippen LogP contribution in [0.3, 0.4) is 0 Å². The van der Waals surface area contributed by atoms with Gasteiger partial charge in [0, 0.05) is 56.6 Å². The summed E-state index contributed by atoms with van der Waals surface area (Å²) in [5, 5.41) is 0.884. The van der Waals surface area contributed by atoms with Gasteiger partial charge in [0.05, 0.1) is 47.8 Å². The summed E-state index contributed by atoms with van der Waals surface area (Å²) in [6.45, 7) is 8.62. The number of rotatable bonds is 14. The van der Waals surface area contributed by atoms with Crippen molar-refractivity contribution < 1.29 is 23.4 Å². The van der Waals surface area contributed by atoms with Gasteiger partial charge in [0.2, 0.25) is 0 Å². The van der Waals surface area contributed by atoms with E-state index in [1.807, 2.05) is 41.4 Å². The van der Waals surface area contributed by atoms with Gasteiger partial charge >= 0.3 is 0 Å². The number of fused-ring (bicyclic) bond motifs is 3. The van der Waals surface area contributed by atoms with Gasteiger partial charge in [0.15, 0.2) is 11.5 Å². The third-order valence-corrected chi connectivity index (χ3v) is 10.7. The Morgan fingerprint density at radius 1 is 0.857 bits per heavy atom. The maximum absolute atomic E-state index is 13.5. The lowest BCUT2D eigenvalue weighted by molar-refractivity contribution is 0.0774. The van der Waals surface area contributed by atoms with E-state index in [9.17, 15) is 9.18 Å². The lowest BCUT2D eigenvalue weighted by Crippen LogP contribution is -2.46. The number of benzene rings is 3. The fraction of sp³-hybridized carbons (Fsp3) is 0.447. The number of carbonyl (C=O) groups excluding carboxylic acids is 1. The van der Waals surface area contributed by atoms with Crippen LogP contribution in [0.5, 0.6) is 17.2 Å². The lowest BCUT2D eigenvalue weighted by atomic mass is 10.1. The van der Waals surface area contributed by atoms with Crippen LogP contribution in [-0.4, -0.2) is 104 Å². The van der Waals surface area contributed by atoms with Crippen LogP contribution < -0.4 is 14.2 Å². The normalized spacial score (nSPS) is 18.0. The quantitative estimate of drug-likeness (QED) is 0.132. The smallest absolute Gasteiger partial charge is 0.256 e. The highest BCUT2D eigenvalue weighted by Gasteiger charge is 2.32. The number of methoxy groups -OCH3 is 1. The summed E-state index contributed by atoms with van der Waals surface area (Å²) in [6, 6.07) is 16.5. The minimum atomic E-state index is -0.263. The van der Waals surface area contributed by atoms with Crippen molar-refractivity contribution in [3.8, 4) is 27.8 Å². The van der Waals surface area contributed by atoms with Gasteiger partial charge < -0.3 is 28.9 Å². The zero-order valence-electron chi connectivity index (χ0n) is 28.1. The highest BCUT2D eigenvalue weighted by molar-refractivity contribution is 7.21. The summed E-state index contributed by atoms with van der Waals surface area (Å²) in [7, 11) is 1.61. The summed E-state index contributed by atoms with van der Waals surface area (Å²) < 4.78 is 32.2. The Kier molecular flexibility index (Phi) is 10.7. The largest absolute Gasteiger partial charge is 0.494 e. The molecule has 2 fully saturated rings. The average Bonchev–Trinajstić information content (AvgIpc) is 3.75. The number of unbranched alkanes of at least 4 members (excludes halogenated alkanes) is 2. The Balaban J connectivity index is 0.761. The molecule has 3 aliphatic rings. The fourth-order valence-electron chi connectivity index (χ4n) is 6.82. The van der Waals surface area contributed by atoms with E-state index in [-0.39, 0.29) is 17.8 Å². The summed E-state index contributed by atoms with van der Waals surface area (Å²) >= 11 is 1.57. The predicted octanol–water partition coefficient (Wildman–Crippen LogP) is 7.07. The second-order valence-electron chi connectivity index (χ2n) is 13.0. The topological polar surface area (TPSA) is 79.7 Å². The third-order valence-electron chi connectivity index (χ3n) is 9.64. The zero-order valence-corrected chi connectivity index (χ0v) is 28.9. The van der Waals surface area contributed by atoms with Crippen LogP contribution in [0.1, 0.15) is 48.9 Å². The second-order valence-corrected chi connectivity index (χ2v) is 14.0. The van der Waals surface area contributed by atoms with Gasteiger partial charge in [-0.05, 0) is 94.1 Å². The van der Waals surface area contributed by atoms with Crippen molar-refractivity contribution >= 4 is 39.4 Å². The Morgan fingerprint density at radius 3 is 2.33 bits per heavy atom. The molecule has 1 unspecified atom stereocenters. The molecule has 1 aromatic heterocycles. The molecule has 9 nitrogen and oxygen atoms in total. The van der Waals surface area contributed by atoms with Crippen LogP contribution in [0.25, 0.3) is 20.8 Å². The Bertz CT molecular complexity index is 1770. The van der Waals surface area contributed by atoms with Crippen LogP contribution in [-0.2, 0) is 0 Å². The average molecular weight is 686 g/mol. The summed E-state index contributed by atoms with van der Waals surface area (Å²) in [4.78, 5) is 29.3. The Morgan fingerprint density at radius 2 is 1.59 bits per heavy atom. The Hall–Kier alpha value is -4.06. The molecule has 258 valence electrons. The number of hydrogen-bond donors (Lipinski definition) is 0. The molecule has 0 bridgehead atoms. The van der Waals surface area contributed by atoms with Gasteiger partial charge in [-0.3, -0.25) is 9.79 Å². The van der Waals surface area contributed by atoms with Crippen molar-refractivity contribution in [3.05, 3.63) is 66.0 Å². The fourth-order valence-corrected chi connectivity index (χ4v) is 7.77. The van der Waals surface area contributed by atoms with Gasteiger partial charge in [-0.25, -0.2) is 9.37 Å². The Labute approximate surface area is 291 Å². The van der Waals surface area contributed by atoms with Crippen molar-refractivity contribution in [2.45, 2.75) is 44.6 Å². The maximum Gasteiger partial charge on any atom is 0.256 e. The molecule has 0 radical (unpaired) electrons. The number of thiazole rings is 1. The maximum atomic E-state index is 13.5. The summed E-state index contributed by atoms with van der Waals surface area (Å²) in [6.07, 6.45) is 8.03. The molecule has 49 heavy (non-hydrogen) atoms. The van der Waals surface area contributed by atoms with Crippen LogP contribution in [0.4, 0.5) is 10.1 Å². The van der Waals surface area contributed by atoms with Crippen LogP contribution in [0, 0.1) is 5.82 Å². The number of halogens is 1. The molecule has 1 atom stereocenters. The van der Waals surface area contributed by atoms with E-state index in [0.717, 1.165) is 105 Å². The van der Waals surface area contributed by atoms with E-state index in [1.54, 1.807) is 30.6 Å². The van der Waals surface area contributed by atoms with E-state index in [4.69, 9.17) is 14.2 Å². The molecule has 2 saturated heterocycles. The first-order valence-electron chi connectivity index (χ1n) is 17.5. The number of aromatic nitrogens is 1. The van der Waals surface area contributed by atoms with E-state index in [1.165, 1.54) is 12.1 Å². The first kappa shape index (κ1) is 33.4. The van der Waals surface area contributed by atoms with Crippen molar-refractivity contribution in [1.82, 2.24) is 19.7 Å². The molecule has 4 heterocycles. The van der Waals surface area contributed by atoms with E-state index in [0.29, 0.717) is 41.5 Å². The van der Waals surface area contributed by atoms with Crippen molar-refractivity contribution in [1.29, 1.82) is 0 Å². The van der Waals surface area contributed by atoms with Gasteiger partial charge in [-0.15, -0.1) is 11.3 Å². The molecular weight excluding hydrogens is 642 g/mol. The third kappa shape index (κ3) is 8.06. The molecular formula is C38H44FN5O4S. The number of carbonyl (C=O) groups is 1. The molecule has 3 aliphatic heterocycles. The second kappa shape index (κ2) is 15.7. The number of nitrogens with zero attached hydrogens (tertiary/aromatic N) is 5. The molecule has 0 saturated carbocycles. The lowest BCUT2D eigenvalue weighted by Gasteiger charge is -2.34. The highest BCUT2D eigenvalue weighted by atomic mass is 32.1. The van der Waals surface area contributed by atoms with Crippen LogP contribution in [0.15, 0.2) is 59.6 Å². The van der Waals surface area contributed by atoms with E-state index < -0.39 is 0 Å². The van der Waals surface area contributed by atoms with E-state index in [2.05, 4.69) is 19.8 Å². The monoisotopic (exact) mass is 685 g/mol. The number of ether oxygens (including phenoxy) is 3. The minimum Gasteiger partial charge on any atom is -0.494 e. The van der Waals surface area contributed by atoms with E-state index >= 15 is 0 Å². The molecule has 4 aromatic rings. The summed E-state index contributed by atoms with van der Waals surface area (Å²) in [5.41, 5.74) is 2.95. The van der Waals surface area contributed by atoms with Crippen molar-refractivity contribution in [2.24, 2.45) is 4.99 Å². The van der Waals surface area contributed by atoms with Gasteiger partial charge in [-0.1, -0.05) is 0 Å². The first-order valence-corrected chi connectivity index (χ1v) is 18.3. The number of amides is 1. The van der Waals surface area contributed by atoms with Crippen LogP contribution >= 0.6 is 11.3 Å². The van der Waals surface area contributed by atoms with Gasteiger partial charge in [-0.2, -0.15) is 0 Å². The molecule has 0 aliphatic carbocycles. The molecule has 7 rings (SSSR count). The van der Waals surface area contributed by atoms with Gasteiger partial charge in [0.1, 0.15) is 16.6 Å². The molecule has 3 aromatic carbocycles. The first-order chi connectivity index (χ1) is 24.0. The van der Waals surface area contributed by atoms with Crippen molar-refractivity contribution in [2.75, 3.05) is 66.1 Å². The number of hydrogen-bond acceptors (Lipinski definition) is 9. The standard InChI is InChI=1S/C38H44FN5O4S/c1-46-34-24-31-32(40-26-29-7-6-16-44(29)38(31)45)25-35(34)48-22-5-3-15-43-19-17-42(18-20-43)14-2-4-21-47-30-11-8-27(9-12-30)37-41-33-23-28(39)10-13-36(33)49-37/h8-13,23-26,29H,2-7,14-22H2,1H3. The van der Waals surface area contributed by atoms with Gasteiger partial charge in [0.25, 0.3) is 5.91 Å². The zero-order chi connectivity index (χ0) is 33.6. The van der Waals surface area contributed by atoms with Crippen LogP contribution in [0.2, 0.25) is 0 Å². The minimum absolute atomic E-state index is 0.0236. The molecule has 11 heteroatoms. The SMILES string of the molecule is COc1cc2c(cc1OCCCCN1CCN(CCCCOc3ccc(-c4nc5cc(F)ccc5s4)cc3)CC1)N=CC1CCCN1C2=O. The van der Waals surface area contributed by atoms with Crippen molar-refractivity contribution in [3.63, 3.8) is 0 Å². The number of piperazine rings is 1. The highest BCUT2D eigenvalue weighted by Crippen LogP contribution is 2.38. The number of aliphatic imine (C=N–C) groups is 1. The molecule has 0 N–H and O–H groups in total.